The summed E-state index contributed by atoms with van der Waals surface area (Å²) >= 11 is 9.16. The largest absolute Gasteiger partial charge is 0.172 e. The predicted molar refractivity (Wildman–Crippen MR) is 59.9 cm³/mol. The topological polar surface area (TPSA) is 0 Å². The fourth-order valence-electron chi connectivity index (χ4n) is 0.749. The van der Waals surface area contributed by atoms with Gasteiger partial charge >= 0.3 is 0 Å². The number of thiol groups is 2. The third-order valence-corrected chi connectivity index (χ3v) is 4.18. The molecule has 0 aromatic rings. The van der Waals surface area contributed by atoms with Crippen molar-refractivity contribution in [2.45, 2.75) is 51.0 Å². The molecule has 0 bridgehead atoms. The van der Waals surface area contributed by atoms with E-state index in [1.807, 2.05) is 0 Å². The zero-order chi connectivity index (χ0) is 9.50. The van der Waals surface area contributed by atoms with Crippen LogP contribution in [0.2, 0.25) is 0 Å². The lowest BCUT2D eigenvalue weighted by atomic mass is 9.71. The van der Waals surface area contributed by atoms with Crippen LogP contribution in [0, 0.1) is 5.41 Å². The second-order valence-electron chi connectivity index (χ2n) is 4.74. The van der Waals surface area contributed by atoms with Gasteiger partial charge in [0.05, 0.1) is 0 Å². The highest BCUT2D eigenvalue weighted by atomic mass is 32.1. The van der Waals surface area contributed by atoms with Crippen molar-refractivity contribution in [1.82, 2.24) is 0 Å². The monoisotopic (exact) mass is 192 g/mol. The predicted octanol–water partition coefficient (Wildman–Crippen LogP) is 3.43. The van der Waals surface area contributed by atoms with Gasteiger partial charge < -0.3 is 0 Å². The average Bonchev–Trinajstić information content (AvgIpc) is 1.58. The van der Waals surface area contributed by atoms with Crippen molar-refractivity contribution in [1.29, 1.82) is 0 Å². The molecular formula is C9H20S2. The first kappa shape index (κ1) is 11.7. The summed E-state index contributed by atoms with van der Waals surface area (Å²) in [5.41, 5.74) is 0.103. The van der Waals surface area contributed by atoms with Crippen LogP contribution in [0.15, 0.2) is 0 Å². The molecule has 0 aliphatic rings. The average molecular weight is 192 g/mol. The van der Waals surface area contributed by atoms with E-state index < -0.39 is 0 Å². The lowest BCUT2D eigenvalue weighted by Gasteiger charge is -2.47. The van der Waals surface area contributed by atoms with Crippen molar-refractivity contribution in [3.05, 3.63) is 0 Å². The molecular weight excluding hydrogens is 172 g/mol. The van der Waals surface area contributed by atoms with Gasteiger partial charge in [-0.1, -0.05) is 41.5 Å². The molecule has 0 heterocycles. The molecule has 0 amide bonds. The number of rotatable bonds is 2. The van der Waals surface area contributed by atoms with Crippen LogP contribution >= 0.6 is 25.3 Å². The maximum absolute atomic E-state index is 4.58. The van der Waals surface area contributed by atoms with Gasteiger partial charge in [-0.2, -0.15) is 25.3 Å². The van der Waals surface area contributed by atoms with E-state index in [4.69, 9.17) is 0 Å². The van der Waals surface area contributed by atoms with E-state index in [0.717, 1.165) is 0 Å². The van der Waals surface area contributed by atoms with E-state index in [-0.39, 0.29) is 14.9 Å². The standard InChI is InChI=1S/C9H20S2/c1-7(2,8(3,4)10)9(5,6)11/h10-11H,1-6H3. The SMILES string of the molecule is CC(C)(S)C(C)(C)C(C)(C)S. The van der Waals surface area contributed by atoms with Crippen molar-refractivity contribution in [2.75, 3.05) is 0 Å². The summed E-state index contributed by atoms with van der Waals surface area (Å²) in [6.45, 7) is 12.9. The third-order valence-electron chi connectivity index (χ3n) is 3.06. The molecule has 0 saturated heterocycles. The first-order valence-electron chi connectivity index (χ1n) is 3.95. The van der Waals surface area contributed by atoms with E-state index >= 15 is 0 Å². The van der Waals surface area contributed by atoms with Crippen LogP contribution < -0.4 is 0 Å². The van der Waals surface area contributed by atoms with Gasteiger partial charge in [0, 0.05) is 9.49 Å². The van der Waals surface area contributed by atoms with Crippen molar-refractivity contribution >= 4 is 25.3 Å². The Morgan fingerprint density at radius 1 is 0.636 bits per heavy atom. The molecule has 0 N–H and O–H groups in total. The van der Waals surface area contributed by atoms with E-state index in [1.165, 1.54) is 0 Å². The molecule has 0 fully saturated rings. The Kier molecular flexibility index (Phi) is 3.06. The molecule has 0 unspecified atom stereocenters. The summed E-state index contributed by atoms with van der Waals surface area (Å²) in [7, 11) is 0. The van der Waals surface area contributed by atoms with Gasteiger partial charge in [0.15, 0.2) is 0 Å². The van der Waals surface area contributed by atoms with Crippen LogP contribution in [0.25, 0.3) is 0 Å². The molecule has 0 rings (SSSR count). The molecule has 0 atom stereocenters. The molecule has 0 saturated carbocycles. The fraction of sp³-hybridized carbons (Fsp3) is 1.00. The molecule has 0 aromatic heterocycles. The smallest absolute Gasteiger partial charge is 0.0137 e. The van der Waals surface area contributed by atoms with E-state index in [0.29, 0.717) is 0 Å². The van der Waals surface area contributed by atoms with Gasteiger partial charge in [-0.15, -0.1) is 0 Å². The van der Waals surface area contributed by atoms with Crippen LogP contribution in [0.5, 0.6) is 0 Å². The lowest BCUT2D eigenvalue weighted by molar-refractivity contribution is 0.223. The van der Waals surface area contributed by atoms with Gasteiger partial charge in [0.1, 0.15) is 0 Å². The van der Waals surface area contributed by atoms with Crippen LogP contribution in [0.3, 0.4) is 0 Å². The van der Waals surface area contributed by atoms with Crippen LogP contribution in [0.4, 0.5) is 0 Å². The maximum Gasteiger partial charge on any atom is 0.0137 e. The molecule has 68 valence electrons. The van der Waals surface area contributed by atoms with Crippen LogP contribution in [0.1, 0.15) is 41.5 Å². The minimum Gasteiger partial charge on any atom is -0.172 e. The molecule has 0 radical (unpaired) electrons. The second kappa shape index (κ2) is 2.88. The highest BCUT2D eigenvalue weighted by molar-refractivity contribution is 7.82. The Morgan fingerprint density at radius 2 is 0.818 bits per heavy atom. The third kappa shape index (κ3) is 2.32. The summed E-state index contributed by atoms with van der Waals surface area (Å²) < 4.78 is -0.00347. The van der Waals surface area contributed by atoms with E-state index in [1.54, 1.807) is 0 Å². The lowest BCUT2D eigenvalue weighted by Crippen LogP contribution is -2.47. The molecule has 0 aromatic carbocycles. The molecule has 0 nitrogen and oxygen atoms in total. The summed E-state index contributed by atoms with van der Waals surface area (Å²) in [6, 6.07) is 0. The zero-order valence-corrected chi connectivity index (χ0v) is 10.2. The first-order valence-corrected chi connectivity index (χ1v) is 4.84. The molecule has 0 spiro atoms. The van der Waals surface area contributed by atoms with Gasteiger partial charge in [-0.05, 0) is 5.41 Å². The van der Waals surface area contributed by atoms with Gasteiger partial charge in [-0.3, -0.25) is 0 Å². The quantitative estimate of drug-likeness (QED) is 0.615. The van der Waals surface area contributed by atoms with Crippen LogP contribution in [-0.4, -0.2) is 9.49 Å². The molecule has 0 aliphatic heterocycles. The Bertz CT molecular complexity index is 119. The minimum absolute atomic E-state index is 0.00174. The van der Waals surface area contributed by atoms with Crippen molar-refractivity contribution < 1.29 is 0 Å². The molecule has 2 heteroatoms. The van der Waals surface area contributed by atoms with Gasteiger partial charge in [0.25, 0.3) is 0 Å². The Hall–Kier alpha value is 0.700. The normalized spacial score (nSPS) is 15.3. The van der Waals surface area contributed by atoms with Gasteiger partial charge in [-0.25, -0.2) is 0 Å². The van der Waals surface area contributed by atoms with Crippen molar-refractivity contribution in [2.24, 2.45) is 5.41 Å². The van der Waals surface area contributed by atoms with Gasteiger partial charge in [0.2, 0.25) is 0 Å². The second-order valence-corrected chi connectivity index (χ2v) is 6.98. The van der Waals surface area contributed by atoms with E-state index in [9.17, 15) is 0 Å². The summed E-state index contributed by atoms with van der Waals surface area (Å²) in [4.78, 5) is 0. The maximum atomic E-state index is 4.58. The Balaban J connectivity index is 4.75. The fourth-order valence-corrected chi connectivity index (χ4v) is 1.40. The summed E-state index contributed by atoms with van der Waals surface area (Å²) in [5.74, 6) is 0. The van der Waals surface area contributed by atoms with E-state index in [2.05, 4.69) is 66.8 Å². The highest BCUT2D eigenvalue weighted by Gasteiger charge is 2.43. The van der Waals surface area contributed by atoms with Crippen molar-refractivity contribution in [3.63, 3.8) is 0 Å². The zero-order valence-electron chi connectivity index (χ0n) is 8.39. The summed E-state index contributed by atoms with van der Waals surface area (Å²) in [6.07, 6.45) is 0. The summed E-state index contributed by atoms with van der Waals surface area (Å²) in [5, 5.41) is 0. The van der Waals surface area contributed by atoms with Crippen LogP contribution in [-0.2, 0) is 0 Å². The van der Waals surface area contributed by atoms with Crippen molar-refractivity contribution in [3.8, 4) is 0 Å². The number of hydrogen-bond donors (Lipinski definition) is 2. The molecule has 11 heavy (non-hydrogen) atoms. The number of hydrogen-bond acceptors (Lipinski definition) is 2. The minimum atomic E-state index is -0.00174. The first-order chi connectivity index (χ1) is 4.50. The Morgan fingerprint density at radius 3 is 0.818 bits per heavy atom. The molecule has 0 aliphatic carbocycles. The highest BCUT2D eigenvalue weighted by Crippen LogP contribution is 2.47. The Labute approximate surface area is 82.0 Å².